The summed E-state index contributed by atoms with van der Waals surface area (Å²) in [6, 6.07) is 0. The Hall–Kier alpha value is -0.130. The molecule has 0 spiro atoms. The van der Waals surface area contributed by atoms with Gasteiger partial charge in [0, 0.05) is 6.61 Å². The molecule has 0 amide bonds. The summed E-state index contributed by atoms with van der Waals surface area (Å²) in [5, 5.41) is 3.05. The summed E-state index contributed by atoms with van der Waals surface area (Å²) in [7, 11) is -2.93. The van der Waals surface area contributed by atoms with E-state index in [0.717, 1.165) is 45.4 Å². The van der Waals surface area contributed by atoms with Crippen LogP contribution in [0.3, 0.4) is 0 Å². The first-order valence-electron chi connectivity index (χ1n) is 5.72. The summed E-state index contributed by atoms with van der Waals surface area (Å²) < 4.78 is 29.5. The zero-order valence-corrected chi connectivity index (χ0v) is 9.76. The van der Waals surface area contributed by atoms with Gasteiger partial charge < -0.3 is 10.1 Å². The minimum absolute atomic E-state index is 0.0371. The number of nitrogens with one attached hydrogen (secondary N) is 1. The Morgan fingerprint density at radius 1 is 1.20 bits per heavy atom. The van der Waals surface area contributed by atoms with Gasteiger partial charge >= 0.3 is 0 Å². The minimum Gasteiger partial charge on any atom is -0.377 e. The van der Waals surface area contributed by atoms with Crippen LogP contribution in [0.4, 0.5) is 0 Å². The molecule has 0 aromatic rings. The average Bonchev–Trinajstić information content (AvgIpc) is 2.71. The van der Waals surface area contributed by atoms with E-state index in [9.17, 15) is 8.42 Å². The van der Waals surface area contributed by atoms with Crippen LogP contribution in [-0.4, -0.2) is 45.2 Å². The first kappa shape index (κ1) is 11.4. The van der Waals surface area contributed by atoms with Crippen LogP contribution in [-0.2, 0) is 14.6 Å². The molecule has 0 radical (unpaired) electrons. The molecule has 2 rings (SSSR count). The van der Waals surface area contributed by atoms with Crippen molar-refractivity contribution in [1.82, 2.24) is 5.32 Å². The molecule has 1 unspecified atom stereocenters. The zero-order chi connectivity index (χ0) is 10.7. The first-order chi connectivity index (χ1) is 7.18. The van der Waals surface area contributed by atoms with Crippen molar-refractivity contribution in [3.05, 3.63) is 0 Å². The number of piperidine rings is 1. The Bertz CT molecular complexity index is 290. The smallest absolute Gasteiger partial charge is 0.155 e. The highest BCUT2D eigenvalue weighted by Gasteiger charge is 2.31. The number of rotatable bonds is 3. The van der Waals surface area contributed by atoms with E-state index in [-0.39, 0.29) is 17.1 Å². The van der Waals surface area contributed by atoms with Gasteiger partial charge in [-0.15, -0.1) is 0 Å². The second kappa shape index (κ2) is 4.80. The number of hydrogen-bond acceptors (Lipinski definition) is 4. The van der Waals surface area contributed by atoms with E-state index in [0.29, 0.717) is 0 Å². The third-order valence-corrected chi connectivity index (χ3v) is 5.56. The van der Waals surface area contributed by atoms with E-state index in [1.807, 2.05) is 0 Å². The van der Waals surface area contributed by atoms with Crippen LogP contribution in [0.2, 0.25) is 0 Å². The molecule has 1 atom stereocenters. The van der Waals surface area contributed by atoms with Gasteiger partial charge in [0.25, 0.3) is 0 Å². The van der Waals surface area contributed by atoms with Crippen molar-refractivity contribution in [2.45, 2.75) is 37.0 Å². The molecular formula is C10H19NO3S. The Labute approximate surface area is 91.3 Å². The van der Waals surface area contributed by atoms with Gasteiger partial charge in [0.15, 0.2) is 9.84 Å². The fourth-order valence-corrected chi connectivity index (χ4v) is 4.33. The van der Waals surface area contributed by atoms with Gasteiger partial charge in [0.1, 0.15) is 0 Å². The molecule has 2 heterocycles. The number of hydrogen-bond donors (Lipinski definition) is 1. The summed E-state index contributed by atoms with van der Waals surface area (Å²) in [6.45, 7) is 2.39. The van der Waals surface area contributed by atoms with E-state index in [1.54, 1.807) is 0 Å². The maximum absolute atomic E-state index is 12.0. The maximum Gasteiger partial charge on any atom is 0.155 e. The predicted molar refractivity (Wildman–Crippen MR) is 58.7 cm³/mol. The molecule has 0 bridgehead atoms. The first-order valence-corrected chi connectivity index (χ1v) is 7.44. The quantitative estimate of drug-likeness (QED) is 0.763. The van der Waals surface area contributed by atoms with Gasteiger partial charge in [0.2, 0.25) is 0 Å². The third kappa shape index (κ3) is 2.92. The van der Waals surface area contributed by atoms with Crippen molar-refractivity contribution in [3.63, 3.8) is 0 Å². The second-order valence-corrected chi connectivity index (χ2v) is 6.74. The SMILES string of the molecule is O=S(=O)(CC1CCCO1)C1CCNCC1. The third-order valence-electron chi connectivity index (χ3n) is 3.24. The summed E-state index contributed by atoms with van der Waals surface area (Å²) >= 11 is 0. The molecule has 5 heteroatoms. The second-order valence-electron chi connectivity index (χ2n) is 4.41. The Balaban J connectivity index is 1.92. The summed E-state index contributed by atoms with van der Waals surface area (Å²) in [4.78, 5) is 0. The summed E-state index contributed by atoms with van der Waals surface area (Å²) in [5.74, 6) is 0.234. The molecule has 0 aromatic carbocycles. The largest absolute Gasteiger partial charge is 0.377 e. The van der Waals surface area contributed by atoms with Crippen LogP contribution < -0.4 is 5.32 Å². The van der Waals surface area contributed by atoms with Crippen LogP contribution in [0.15, 0.2) is 0 Å². The van der Waals surface area contributed by atoms with Crippen LogP contribution in [0, 0.1) is 0 Å². The molecular weight excluding hydrogens is 214 g/mol. The van der Waals surface area contributed by atoms with Crippen LogP contribution in [0.1, 0.15) is 25.7 Å². The Morgan fingerprint density at radius 3 is 2.53 bits per heavy atom. The van der Waals surface area contributed by atoms with Crippen LogP contribution in [0.25, 0.3) is 0 Å². The lowest BCUT2D eigenvalue weighted by molar-refractivity contribution is 0.127. The summed E-state index contributed by atoms with van der Waals surface area (Å²) in [5.41, 5.74) is 0. The maximum atomic E-state index is 12.0. The highest BCUT2D eigenvalue weighted by Crippen LogP contribution is 2.20. The van der Waals surface area contributed by atoms with E-state index in [1.165, 1.54) is 0 Å². The molecule has 1 N–H and O–H groups in total. The summed E-state index contributed by atoms with van der Waals surface area (Å²) in [6.07, 6.45) is 3.39. The van der Waals surface area contributed by atoms with E-state index in [4.69, 9.17) is 4.74 Å². The van der Waals surface area contributed by atoms with Gasteiger partial charge in [0.05, 0.1) is 17.1 Å². The highest BCUT2D eigenvalue weighted by atomic mass is 32.2. The van der Waals surface area contributed by atoms with Gasteiger partial charge in [-0.25, -0.2) is 8.42 Å². The van der Waals surface area contributed by atoms with Gasteiger partial charge in [-0.1, -0.05) is 0 Å². The zero-order valence-electron chi connectivity index (χ0n) is 8.94. The monoisotopic (exact) mass is 233 g/mol. The van der Waals surface area contributed by atoms with Gasteiger partial charge in [-0.3, -0.25) is 0 Å². The lowest BCUT2D eigenvalue weighted by Crippen LogP contribution is -2.38. The van der Waals surface area contributed by atoms with Crippen molar-refractivity contribution < 1.29 is 13.2 Å². The fraction of sp³-hybridized carbons (Fsp3) is 1.00. The molecule has 15 heavy (non-hydrogen) atoms. The molecule has 2 saturated heterocycles. The van der Waals surface area contributed by atoms with Crippen molar-refractivity contribution in [1.29, 1.82) is 0 Å². The highest BCUT2D eigenvalue weighted by molar-refractivity contribution is 7.92. The standard InChI is InChI=1S/C10H19NO3S/c12-15(13,8-9-2-1-7-14-9)10-3-5-11-6-4-10/h9-11H,1-8H2. The van der Waals surface area contributed by atoms with Crippen molar-refractivity contribution >= 4 is 9.84 Å². The topological polar surface area (TPSA) is 55.4 Å². The van der Waals surface area contributed by atoms with Crippen LogP contribution >= 0.6 is 0 Å². The molecule has 2 aliphatic rings. The van der Waals surface area contributed by atoms with Gasteiger partial charge in [-0.05, 0) is 38.8 Å². The molecule has 0 saturated carbocycles. The van der Waals surface area contributed by atoms with Crippen LogP contribution in [0.5, 0.6) is 0 Å². The lowest BCUT2D eigenvalue weighted by atomic mass is 10.2. The minimum atomic E-state index is -2.93. The Kier molecular flexibility index (Phi) is 3.64. The molecule has 0 aromatic heterocycles. The van der Waals surface area contributed by atoms with E-state index < -0.39 is 9.84 Å². The molecule has 4 nitrogen and oxygen atoms in total. The molecule has 0 aliphatic carbocycles. The molecule has 88 valence electrons. The van der Waals surface area contributed by atoms with Crippen molar-refractivity contribution in [2.24, 2.45) is 0 Å². The molecule has 2 aliphatic heterocycles. The van der Waals surface area contributed by atoms with Crippen molar-refractivity contribution in [3.8, 4) is 0 Å². The average molecular weight is 233 g/mol. The fourth-order valence-electron chi connectivity index (χ4n) is 2.33. The lowest BCUT2D eigenvalue weighted by Gasteiger charge is -2.23. The predicted octanol–water partition coefficient (Wildman–Crippen LogP) is 0.332. The molecule has 2 fully saturated rings. The number of sulfone groups is 1. The van der Waals surface area contributed by atoms with E-state index >= 15 is 0 Å². The normalized spacial score (nSPS) is 29.5. The number of ether oxygens (including phenoxy) is 1. The van der Waals surface area contributed by atoms with Crippen molar-refractivity contribution in [2.75, 3.05) is 25.4 Å². The van der Waals surface area contributed by atoms with Gasteiger partial charge in [-0.2, -0.15) is 0 Å². The van der Waals surface area contributed by atoms with E-state index in [2.05, 4.69) is 5.32 Å². The Morgan fingerprint density at radius 2 is 1.93 bits per heavy atom.